The maximum Gasteiger partial charge on any atom is 0.279 e. The van der Waals surface area contributed by atoms with Crippen molar-refractivity contribution in [3.05, 3.63) is 0 Å². The maximum absolute atomic E-state index is 12.3. The van der Waals surface area contributed by atoms with Crippen molar-refractivity contribution in [3.8, 4) is 0 Å². The van der Waals surface area contributed by atoms with E-state index in [2.05, 4.69) is 10.0 Å². The molecular weight excluding hydrogens is 278 g/mol. The molecule has 2 aliphatic rings. The molecule has 2 N–H and O–H groups in total. The zero-order chi connectivity index (χ0) is 14.4. The van der Waals surface area contributed by atoms with Gasteiger partial charge in [0.15, 0.2) is 0 Å². The normalized spacial score (nSPS) is 28.9. The Morgan fingerprint density at radius 1 is 1.30 bits per heavy atom. The van der Waals surface area contributed by atoms with Crippen LogP contribution in [0.15, 0.2) is 0 Å². The molecule has 20 heavy (non-hydrogen) atoms. The summed E-state index contributed by atoms with van der Waals surface area (Å²) in [4.78, 5) is 0. The lowest BCUT2D eigenvalue weighted by Gasteiger charge is -2.31. The van der Waals surface area contributed by atoms with Crippen molar-refractivity contribution >= 4 is 10.2 Å². The lowest BCUT2D eigenvalue weighted by atomic mass is 10.00. The Labute approximate surface area is 122 Å². The predicted molar refractivity (Wildman–Crippen MR) is 78.7 cm³/mol. The van der Waals surface area contributed by atoms with Crippen LogP contribution in [0.3, 0.4) is 0 Å². The summed E-state index contributed by atoms with van der Waals surface area (Å²) in [6, 6.07) is 0. The number of hydrogen-bond donors (Lipinski definition) is 2. The molecule has 2 unspecified atom stereocenters. The molecule has 6 nitrogen and oxygen atoms in total. The van der Waals surface area contributed by atoms with Gasteiger partial charge >= 0.3 is 0 Å². The smallest absolute Gasteiger partial charge is 0.279 e. The highest BCUT2D eigenvalue weighted by atomic mass is 32.2. The summed E-state index contributed by atoms with van der Waals surface area (Å²) in [7, 11) is -1.42. The van der Waals surface area contributed by atoms with Crippen LogP contribution in [0.4, 0.5) is 0 Å². The van der Waals surface area contributed by atoms with E-state index in [-0.39, 0.29) is 6.10 Å². The standard InChI is InChI=1S/C13H27N3O3S/c1-14-10-12-4-2-8-16(11-12)20(17,18)15-7-6-13-5-3-9-19-13/h12-15H,2-11H2,1H3. The molecular formula is C13H27N3O3S. The van der Waals surface area contributed by atoms with Crippen molar-refractivity contribution in [1.82, 2.24) is 14.3 Å². The van der Waals surface area contributed by atoms with Crippen LogP contribution >= 0.6 is 0 Å². The van der Waals surface area contributed by atoms with E-state index in [1.807, 2.05) is 7.05 Å². The summed E-state index contributed by atoms with van der Waals surface area (Å²) in [5.74, 6) is 0.420. The Morgan fingerprint density at radius 2 is 2.15 bits per heavy atom. The van der Waals surface area contributed by atoms with Gasteiger partial charge < -0.3 is 10.1 Å². The molecule has 2 saturated heterocycles. The zero-order valence-corrected chi connectivity index (χ0v) is 13.1. The first kappa shape index (κ1) is 16.2. The van der Waals surface area contributed by atoms with Crippen LogP contribution in [0.5, 0.6) is 0 Å². The third kappa shape index (κ3) is 4.66. The second kappa shape index (κ2) is 7.70. The zero-order valence-electron chi connectivity index (χ0n) is 12.3. The Bertz CT molecular complexity index is 380. The largest absolute Gasteiger partial charge is 0.378 e. The highest BCUT2D eigenvalue weighted by molar-refractivity contribution is 7.87. The third-order valence-electron chi connectivity index (χ3n) is 4.09. The Hall–Kier alpha value is -0.210. The van der Waals surface area contributed by atoms with E-state index in [1.165, 1.54) is 0 Å². The van der Waals surface area contributed by atoms with Gasteiger partial charge in [0.2, 0.25) is 0 Å². The summed E-state index contributed by atoms with van der Waals surface area (Å²) >= 11 is 0. The van der Waals surface area contributed by atoms with Gasteiger partial charge in [-0.1, -0.05) is 0 Å². The Morgan fingerprint density at radius 3 is 2.85 bits per heavy atom. The molecule has 0 aromatic carbocycles. The van der Waals surface area contributed by atoms with E-state index in [0.29, 0.717) is 25.6 Å². The lowest BCUT2D eigenvalue weighted by Crippen LogP contribution is -2.47. The van der Waals surface area contributed by atoms with Crippen molar-refractivity contribution < 1.29 is 13.2 Å². The van der Waals surface area contributed by atoms with Gasteiger partial charge in [0, 0.05) is 26.2 Å². The molecule has 0 aromatic heterocycles. The quantitative estimate of drug-likeness (QED) is 0.711. The van der Waals surface area contributed by atoms with Gasteiger partial charge in [-0.15, -0.1) is 0 Å². The van der Waals surface area contributed by atoms with Crippen LogP contribution in [0.2, 0.25) is 0 Å². The van der Waals surface area contributed by atoms with Gasteiger partial charge in [-0.25, -0.2) is 4.72 Å². The second-order valence-electron chi connectivity index (χ2n) is 5.75. The number of nitrogens with zero attached hydrogens (tertiary/aromatic N) is 1. The molecule has 0 radical (unpaired) electrons. The summed E-state index contributed by atoms with van der Waals surface area (Å²) in [5.41, 5.74) is 0. The molecule has 0 bridgehead atoms. The van der Waals surface area contributed by atoms with E-state index >= 15 is 0 Å². The van der Waals surface area contributed by atoms with Crippen LogP contribution in [-0.2, 0) is 14.9 Å². The minimum absolute atomic E-state index is 0.232. The molecule has 2 rings (SSSR count). The molecule has 2 fully saturated rings. The number of piperidine rings is 1. The molecule has 7 heteroatoms. The summed E-state index contributed by atoms with van der Waals surface area (Å²) in [5, 5.41) is 3.13. The monoisotopic (exact) mass is 305 g/mol. The molecule has 0 saturated carbocycles. The molecule has 0 aliphatic carbocycles. The summed E-state index contributed by atoms with van der Waals surface area (Å²) in [6.07, 6.45) is 5.19. The lowest BCUT2D eigenvalue weighted by molar-refractivity contribution is 0.105. The highest BCUT2D eigenvalue weighted by Gasteiger charge is 2.28. The fraction of sp³-hybridized carbons (Fsp3) is 1.00. The molecule has 0 spiro atoms. The first-order valence-corrected chi connectivity index (χ1v) is 9.07. The molecule has 0 amide bonds. The molecule has 2 atom stereocenters. The van der Waals surface area contributed by atoms with Gasteiger partial charge in [-0.3, -0.25) is 0 Å². The average Bonchev–Trinajstić information content (AvgIpc) is 2.92. The van der Waals surface area contributed by atoms with Gasteiger partial charge in [-0.2, -0.15) is 12.7 Å². The number of nitrogens with one attached hydrogen (secondary N) is 2. The Balaban J connectivity index is 1.76. The number of rotatable bonds is 7. The second-order valence-corrected chi connectivity index (χ2v) is 7.50. The first-order chi connectivity index (χ1) is 9.62. The van der Waals surface area contributed by atoms with Crippen LogP contribution in [0.25, 0.3) is 0 Å². The third-order valence-corrected chi connectivity index (χ3v) is 5.67. The molecule has 0 aromatic rings. The summed E-state index contributed by atoms with van der Waals surface area (Å²) < 4.78 is 34.3. The minimum atomic E-state index is -3.33. The summed E-state index contributed by atoms with van der Waals surface area (Å²) in [6.45, 7) is 3.42. The van der Waals surface area contributed by atoms with Crippen molar-refractivity contribution in [2.45, 2.75) is 38.2 Å². The van der Waals surface area contributed by atoms with E-state index in [0.717, 1.165) is 45.3 Å². The van der Waals surface area contributed by atoms with Crippen LogP contribution in [0, 0.1) is 5.92 Å². The number of ether oxygens (including phenoxy) is 1. The van der Waals surface area contributed by atoms with Gasteiger partial charge in [0.25, 0.3) is 10.2 Å². The van der Waals surface area contributed by atoms with Crippen LogP contribution in [-0.4, -0.2) is 58.7 Å². The van der Waals surface area contributed by atoms with E-state index in [9.17, 15) is 8.42 Å². The van der Waals surface area contributed by atoms with Crippen LogP contribution in [0.1, 0.15) is 32.1 Å². The molecule has 2 heterocycles. The average molecular weight is 305 g/mol. The minimum Gasteiger partial charge on any atom is -0.378 e. The van der Waals surface area contributed by atoms with Crippen molar-refractivity contribution in [3.63, 3.8) is 0 Å². The fourth-order valence-corrected chi connectivity index (χ4v) is 4.35. The van der Waals surface area contributed by atoms with E-state index in [1.54, 1.807) is 4.31 Å². The van der Waals surface area contributed by atoms with Crippen LogP contribution < -0.4 is 10.0 Å². The number of hydrogen-bond acceptors (Lipinski definition) is 4. The maximum atomic E-state index is 12.3. The fourth-order valence-electron chi connectivity index (χ4n) is 3.01. The highest BCUT2D eigenvalue weighted by Crippen LogP contribution is 2.18. The van der Waals surface area contributed by atoms with Crippen molar-refractivity contribution in [2.75, 3.05) is 39.8 Å². The van der Waals surface area contributed by atoms with Crippen molar-refractivity contribution in [1.29, 1.82) is 0 Å². The van der Waals surface area contributed by atoms with Gasteiger partial charge in [0.05, 0.1) is 6.10 Å². The van der Waals surface area contributed by atoms with E-state index < -0.39 is 10.2 Å². The SMILES string of the molecule is CNCC1CCCN(S(=O)(=O)NCCC2CCCO2)C1. The van der Waals surface area contributed by atoms with Gasteiger partial charge in [0.1, 0.15) is 0 Å². The topological polar surface area (TPSA) is 70.7 Å². The predicted octanol–water partition coefficient (Wildman–Crippen LogP) is 0.321. The first-order valence-electron chi connectivity index (χ1n) is 7.63. The van der Waals surface area contributed by atoms with Crippen molar-refractivity contribution in [2.24, 2.45) is 5.92 Å². The molecule has 2 aliphatic heterocycles. The molecule has 118 valence electrons. The van der Waals surface area contributed by atoms with Gasteiger partial charge in [-0.05, 0) is 51.6 Å². The van der Waals surface area contributed by atoms with E-state index in [4.69, 9.17) is 4.74 Å². The Kier molecular flexibility index (Phi) is 6.22.